The number of imide groups is 1. The molecule has 2 N–H and O–H groups in total. The third-order valence-electron chi connectivity index (χ3n) is 4.26. The minimum atomic E-state index is -0.175. The van der Waals surface area contributed by atoms with Crippen LogP contribution < -0.4 is 10.6 Å². The molecule has 0 atom stereocenters. The van der Waals surface area contributed by atoms with Crippen LogP contribution in [0.25, 0.3) is 10.8 Å². The zero-order valence-electron chi connectivity index (χ0n) is 14.0. The molecule has 0 radical (unpaired) electrons. The standard InChI is InChI=1S/C15H13NO2.C4H10N2/c1-2-9-16-14(17)11-7-3-5-10-6-4-8-12(13(10)11)15(16)18;1-2-6-4-3-5-1/h3-8H,2,9H2,1H3;5-6H,1-4H2. The Morgan fingerprint density at radius 1 is 0.875 bits per heavy atom. The van der Waals surface area contributed by atoms with E-state index < -0.39 is 0 Å². The average Bonchev–Trinajstić information content (AvgIpc) is 2.65. The quantitative estimate of drug-likeness (QED) is 0.830. The van der Waals surface area contributed by atoms with E-state index in [0.29, 0.717) is 17.7 Å². The molecule has 5 nitrogen and oxygen atoms in total. The summed E-state index contributed by atoms with van der Waals surface area (Å²) in [6, 6.07) is 11.2. The Hall–Kier alpha value is -2.24. The summed E-state index contributed by atoms with van der Waals surface area (Å²) in [5.41, 5.74) is 1.27. The lowest BCUT2D eigenvalue weighted by Gasteiger charge is -2.26. The molecule has 2 aliphatic rings. The second-order valence-electron chi connectivity index (χ2n) is 5.97. The molecule has 2 amide bonds. The topological polar surface area (TPSA) is 61.4 Å². The molecule has 126 valence electrons. The molecule has 0 unspecified atom stereocenters. The molecule has 2 aromatic carbocycles. The maximum absolute atomic E-state index is 12.3. The molecule has 2 aliphatic heterocycles. The first-order chi connectivity index (χ1) is 11.7. The van der Waals surface area contributed by atoms with Crippen molar-refractivity contribution in [3.05, 3.63) is 47.5 Å². The highest BCUT2D eigenvalue weighted by atomic mass is 16.2. The van der Waals surface area contributed by atoms with E-state index in [9.17, 15) is 9.59 Å². The first-order valence-corrected chi connectivity index (χ1v) is 8.53. The van der Waals surface area contributed by atoms with Crippen LogP contribution in [0.5, 0.6) is 0 Å². The minimum absolute atomic E-state index is 0.175. The van der Waals surface area contributed by atoms with Gasteiger partial charge in [-0.3, -0.25) is 14.5 Å². The zero-order chi connectivity index (χ0) is 16.9. The first kappa shape index (κ1) is 16.6. The number of carbonyl (C=O) groups excluding carboxylic acids is 2. The van der Waals surface area contributed by atoms with Crippen LogP contribution in [0.3, 0.4) is 0 Å². The Kier molecular flexibility index (Phi) is 5.23. The van der Waals surface area contributed by atoms with Crippen molar-refractivity contribution in [3.63, 3.8) is 0 Å². The number of nitrogens with zero attached hydrogens (tertiary/aromatic N) is 1. The molecule has 2 aromatic rings. The minimum Gasteiger partial charge on any atom is -0.314 e. The number of carbonyl (C=O) groups is 2. The van der Waals surface area contributed by atoms with E-state index in [-0.39, 0.29) is 11.8 Å². The fraction of sp³-hybridized carbons (Fsp3) is 0.368. The fourth-order valence-corrected chi connectivity index (χ4v) is 3.11. The van der Waals surface area contributed by atoms with Gasteiger partial charge in [0.05, 0.1) is 0 Å². The molecule has 0 aliphatic carbocycles. The summed E-state index contributed by atoms with van der Waals surface area (Å²) in [5.74, 6) is -0.350. The zero-order valence-corrected chi connectivity index (χ0v) is 14.0. The van der Waals surface area contributed by atoms with Gasteiger partial charge in [-0.2, -0.15) is 0 Å². The molecule has 5 heteroatoms. The molecule has 0 spiro atoms. The van der Waals surface area contributed by atoms with Gasteiger partial charge in [-0.25, -0.2) is 0 Å². The van der Waals surface area contributed by atoms with Gasteiger partial charge in [-0.05, 0) is 23.9 Å². The molecular weight excluding hydrogens is 302 g/mol. The number of rotatable bonds is 2. The van der Waals surface area contributed by atoms with Crippen molar-refractivity contribution < 1.29 is 9.59 Å². The van der Waals surface area contributed by atoms with E-state index in [2.05, 4.69) is 10.6 Å². The molecule has 24 heavy (non-hydrogen) atoms. The van der Waals surface area contributed by atoms with Crippen molar-refractivity contribution in [1.29, 1.82) is 0 Å². The van der Waals surface area contributed by atoms with E-state index in [1.165, 1.54) is 4.90 Å². The molecule has 4 rings (SSSR count). The number of hydrogen-bond acceptors (Lipinski definition) is 4. The smallest absolute Gasteiger partial charge is 0.261 e. The summed E-state index contributed by atoms with van der Waals surface area (Å²) in [4.78, 5) is 26.0. The summed E-state index contributed by atoms with van der Waals surface area (Å²) in [6.45, 7) is 6.99. The third kappa shape index (κ3) is 3.18. The van der Waals surface area contributed by atoms with Gasteiger partial charge < -0.3 is 10.6 Å². The third-order valence-corrected chi connectivity index (χ3v) is 4.26. The SMILES string of the molecule is C1CNCCN1.CCCN1C(=O)c2cccc3cccc(c23)C1=O. The Morgan fingerprint density at radius 3 is 1.79 bits per heavy atom. The average molecular weight is 325 g/mol. The van der Waals surface area contributed by atoms with Crippen LogP contribution in [0.1, 0.15) is 34.1 Å². The number of piperazine rings is 1. The van der Waals surface area contributed by atoms with Crippen LogP contribution in [0.15, 0.2) is 36.4 Å². The largest absolute Gasteiger partial charge is 0.314 e. The van der Waals surface area contributed by atoms with Crippen molar-refractivity contribution >= 4 is 22.6 Å². The van der Waals surface area contributed by atoms with Gasteiger partial charge in [-0.15, -0.1) is 0 Å². The van der Waals surface area contributed by atoms with Crippen LogP contribution in [0.4, 0.5) is 0 Å². The summed E-state index contributed by atoms with van der Waals surface area (Å²) >= 11 is 0. The van der Waals surface area contributed by atoms with Gasteiger partial charge >= 0.3 is 0 Å². The summed E-state index contributed by atoms with van der Waals surface area (Å²) in [6.07, 6.45) is 0.773. The molecule has 0 aromatic heterocycles. The first-order valence-electron chi connectivity index (χ1n) is 8.53. The van der Waals surface area contributed by atoms with Crippen molar-refractivity contribution in [2.24, 2.45) is 0 Å². The van der Waals surface area contributed by atoms with Crippen LogP contribution in [-0.4, -0.2) is 49.4 Å². The lowest BCUT2D eigenvalue weighted by Crippen LogP contribution is -2.40. The normalized spacial score (nSPS) is 16.8. The fourth-order valence-electron chi connectivity index (χ4n) is 3.11. The molecule has 1 saturated heterocycles. The molecule has 2 heterocycles. The Balaban J connectivity index is 0.000000238. The maximum atomic E-state index is 12.3. The lowest BCUT2D eigenvalue weighted by atomic mass is 9.94. The maximum Gasteiger partial charge on any atom is 0.261 e. The predicted octanol–water partition coefficient (Wildman–Crippen LogP) is 2.02. The lowest BCUT2D eigenvalue weighted by molar-refractivity contribution is 0.0610. The van der Waals surface area contributed by atoms with Crippen LogP contribution in [0, 0.1) is 0 Å². The Bertz CT molecular complexity index is 691. The van der Waals surface area contributed by atoms with Gasteiger partial charge in [0.1, 0.15) is 0 Å². The van der Waals surface area contributed by atoms with Crippen molar-refractivity contribution in [2.75, 3.05) is 32.7 Å². The highest BCUT2D eigenvalue weighted by Crippen LogP contribution is 2.29. The van der Waals surface area contributed by atoms with Gasteiger partial charge in [0.15, 0.2) is 0 Å². The number of amides is 2. The summed E-state index contributed by atoms with van der Waals surface area (Å²) < 4.78 is 0. The van der Waals surface area contributed by atoms with Crippen molar-refractivity contribution in [1.82, 2.24) is 15.5 Å². The van der Waals surface area contributed by atoms with Crippen LogP contribution in [0.2, 0.25) is 0 Å². The van der Waals surface area contributed by atoms with E-state index in [1.54, 1.807) is 12.1 Å². The molecule has 1 fully saturated rings. The summed E-state index contributed by atoms with van der Waals surface area (Å²) in [5, 5.41) is 8.19. The molecular formula is C19H23N3O2. The highest BCUT2D eigenvalue weighted by Gasteiger charge is 2.31. The van der Waals surface area contributed by atoms with Crippen molar-refractivity contribution in [2.45, 2.75) is 13.3 Å². The van der Waals surface area contributed by atoms with Gasteiger partial charge in [0.25, 0.3) is 11.8 Å². The van der Waals surface area contributed by atoms with Gasteiger partial charge in [-0.1, -0.05) is 31.2 Å². The summed E-state index contributed by atoms with van der Waals surface area (Å²) in [7, 11) is 0. The second kappa shape index (κ2) is 7.55. The highest BCUT2D eigenvalue weighted by molar-refractivity contribution is 6.25. The molecule has 0 bridgehead atoms. The van der Waals surface area contributed by atoms with Gasteiger partial charge in [0.2, 0.25) is 0 Å². The van der Waals surface area contributed by atoms with E-state index in [4.69, 9.17) is 0 Å². The number of hydrogen-bond donors (Lipinski definition) is 2. The van der Waals surface area contributed by atoms with Crippen LogP contribution >= 0.6 is 0 Å². The monoisotopic (exact) mass is 325 g/mol. The Morgan fingerprint density at radius 2 is 1.38 bits per heavy atom. The molecule has 0 saturated carbocycles. The van der Waals surface area contributed by atoms with E-state index in [0.717, 1.165) is 43.4 Å². The van der Waals surface area contributed by atoms with E-state index in [1.807, 2.05) is 31.2 Å². The van der Waals surface area contributed by atoms with E-state index >= 15 is 0 Å². The number of nitrogens with one attached hydrogen (secondary N) is 2. The van der Waals surface area contributed by atoms with Gasteiger partial charge in [0, 0.05) is 49.2 Å². The Labute approximate surface area is 142 Å². The predicted molar refractivity (Wildman–Crippen MR) is 95.3 cm³/mol. The van der Waals surface area contributed by atoms with Crippen molar-refractivity contribution in [3.8, 4) is 0 Å². The second-order valence-corrected chi connectivity index (χ2v) is 5.97. The number of benzene rings is 2. The van der Waals surface area contributed by atoms with Crippen LogP contribution in [-0.2, 0) is 0 Å².